The number of hydrogen-bond acceptors (Lipinski definition) is 4. The first-order valence-electron chi connectivity index (χ1n) is 6.94. The van der Waals surface area contributed by atoms with Crippen LogP contribution in [0.2, 0.25) is 0 Å². The van der Waals surface area contributed by atoms with Gasteiger partial charge >= 0.3 is 0 Å². The van der Waals surface area contributed by atoms with Gasteiger partial charge in [0.25, 0.3) is 0 Å². The van der Waals surface area contributed by atoms with Crippen molar-refractivity contribution in [2.24, 2.45) is 0 Å². The average Bonchev–Trinajstić information content (AvgIpc) is 2.48. The van der Waals surface area contributed by atoms with Gasteiger partial charge in [0.15, 0.2) is 0 Å². The van der Waals surface area contributed by atoms with E-state index >= 15 is 0 Å². The van der Waals surface area contributed by atoms with Crippen LogP contribution in [0, 0.1) is 0 Å². The Kier molecular flexibility index (Phi) is 5.24. The topological polar surface area (TPSA) is 59.6 Å². The third-order valence-corrected chi connectivity index (χ3v) is 3.54. The number of nitrogens with one attached hydrogen (secondary N) is 2. The first kappa shape index (κ1) is 14.7. The van der Waals surface area contributed by atoms with E-state index in [2.05, 4.69) is 10.6 Å². The summed E-state index contributed by atoms with van der Waals surface area (Å²) >= 11 is 0. The number of benzene rings is 1. The summed E-state index contributed by atoms with van der Waals surface area (Å²) in [5, 5.41) is 6.36. The second-order valence-corrected chi connectivity index (χ2v) is 4.95. The Bertz CT molecular complexity index is 456. The molecule has 0 saturated carbocycles. The molecule has 0 spiro atoms. The zero-order valence-electron chi connectivity index (χ0n) is 12.1. The minimum absolute atomic E-state index is 0.0310. The molecule has 5 nitrogen and oxygen atoms in total. The Balaban J connectivity index is 1.98. The van der Waals surface area contributed by atoms with Crippen LogP contribution in [0.4, 0.5) is 0 Å². The van der Waals surface area contributed by atoms with Crippen LogP contribution in [0.25, 0.3) is 0 Å². The van der Waals surface area contributed by atoms with Crippen molar-refractivity contribution in [1.29, 1.82) is 0 Å². The minimum Gasteiger partial charge on any atom is -0.497 e. The lowest BCUT2D eigenvalue weighted by atomic mass is 10.1. The molecular weight excluding hydrogens is 256 g/mol. The highest BCUT2D eigenvalue weighted by Gasteiger charge is 2.17. The summed E-state index contributed by atoms with van der Waals surface area (Å²) in [7, 11) is 3.22. The molecule has 2 rings (SSSR count). The molecule has 20 heavy (non-hydrogen) atoms. The predicted molar refractivity (Wildman–Crippen MR) is 77.3 cm³/mol. The Morgan fingerprint density at radius 1 is 1.30 bits per heavy atom. The van der Waals surface area contributed by atoms with Gasteiger partial charge in [-0.05, 0) is 44.1 Å². The van der Waals surface area contributed by atoms with Gasteiger partial charge in [-0.2, -0.15) is 0 Å². The second-order valence-electron chi connectivity index (χ2n) is 4.95. The molecule has 2 N–H and O–H groups in total. The van der Waals surface area contributed by atoms with Crippen molar-refractivity contribution in [2.75, 3.05) is 27.3 Å². The number of carbonyl (C=O) groups excluding carboxylic acids is 1. The molecule has 0 unspecified atom stereocenters. The van der Waals surface area contributed by atoms with Crippen LogP contribution >= 0.6 is 0 Å². The monoisotopic (exact) mass is 278 g/mol. The number of rotatable bonds is 5. The van der Waals surface area contributed by atoms with Crippen molar-refractivity contribution in [3.05, 3.63) is 23.8 Å². The lowest BCUT2D eigenvalue weighted by Crippen LogP contribution is -2.43. The van der Waals surface area contributed by atoms with Gasteiger partial charge in [-0.3, -0.25) is 4.79 Å². The molecule has 1 amide bonds. The first-order valence-corrected chi connectivity index (χ1v) is 6.94. The van der Waals surface area contributed by atoms with E-state index in [-0.39, 0.29) is 11.9 Å². The summed E-state index contributed by atoms with van der Waals surface area (Å²) < 4.78 is 10.5. The fourth-order valence-electron chi connectivity index (χ4n) is 2.44. The summed E-state index contributed by atoms with van der Waals surface area (Å²) in [6.07, 6.45) is 2.28. The molecule has 0 radical (unpaired) electrons. The van der Waals surface area contributed by atoms with E-state index in [9.17, 15) is 4.79 Å². The lowest BCUT2D eigenvalue weighted by molar-refractivity contribution is -0.121. The molecule has 1 aromatic carbocycles. The maximum absolute atomic E-state index is 12.1. The van der Waals surface area contributed by atoms with Gasteiger partial charge in [0.05, 0.1) is 20.6 Å². The van der Waals surface area contributed by atoms with E-state index < -0.39 is 0 Å². The lowest BCUT2D eigenvalue weighted by Gasteiger charge is -2.23. The molecule has 110 valence electrons. The largest absolute Gasteiger partial charge is 0.497 e. The summed E-state index contributed by atoms with van der Waals surface area (Å²) in [4.78, 5) is 12.1. The van der Waals surface area contributed by atoms with Gasteiger partial charge in [0.1, 0.15) is 11.5 Å². The van der Waals surface area contributed by atoms with Gasteiger partial charge in [-0.15, -0.1) is 0 Å². The SMILES string of the molecule is COc1ccc(OC)c(CC(=O)NC2CCNCC2)c1. The molecule has 0 atom stereocenters. The predicted octanol–water partition coefficient (Wildman–Crippen LogP) is 1.11. The average molecular weight is 278 g/mol. The molecule has 1 saturated heterocycles. The molecule has 1 heterocycles. The van der Waals surface area contributed by atoms with Gasteiger partial charge < -0.3 is 20.1 Å². The minimum atomic E-state index is 0.0310. The zero-order chi connectivity index (χ0) is 14.4. The van der Waals surface area contributed by atoms with Crippen molar-refractivity contribution in [3.8, 4) is 11.5 Å². The Morgan fingerprint density at radius 2 is 2.05 bits per heavy atom. The van der Waals surface area contributed by atoms with E-state index in [1.807, 2.05) is 18.2 Å². The molecule has 0 aliphatic carbocycles. The zero-order valence-corrected chi connectivity index (χ0v) is 12.1. The van der Waals surface area contributed by atoms with Crippen LogP contribution in [0.3, 0.4) is 0 Å². The van der Waals surface area contributed by atoms with E-state index in [1.54, 1.807) is 14.2 Å². The highest BCUT2D eigenvalue weighted by molar-refractivity contribution is 5.79. The molecule has 1 aromatic rings. The molecule has 1 fully saturated rings. The van der Waals surface area contributed by atoms with Crippen LogP contribution in [0.1, 0.15) is 18.4 Å². The third-order valence-electron chi connectivity index (χ3n) is 3.54. The number of methoxy groups -OCH3 is 2. The Labute approximate surface area is 119 Å². The van der Waals surface area contributed by atoms with Crippen molar-refractivity contribution in [1.82, 2.24) is 10.6 Å². The van der Waals surface area contributed by atoms with E-state index in [1.165, 1.54) is 0 Å². The van der Waals surface area contributed by atoms with Gasteiger partial charge in [0.2, 0.25) is 5.91 Å². The fourth-order valence-corrected chi connectivity index (χ4v) is 2.44. The smallest absolute Gasteiger partial charge is 0.224 e. The van der Waals surface area contributed by atoms with Crippen molar-refractivity contribution in [3.63, 3.8) is 0 Å². The highest BCUT2D eigenvalue weighted by atomic mass is 16.5. The summed E-state index contributed by atoms with van der Waals surface area (Å²) in [5.74, 6) is 1.48. The summed E-state index contributed by atoms with van der Waals surface area (Å²) in [5.41, 5.74) is 0.846. The van der Waals surface area contributed by atoms with Crippen LogP contribution < -0.4 is 20.1 Å². The third kappa shape index (κ3) is 3.87. The van der Waals surface area contributed by atoms with Gasteiger partial charge in [-0.1, -0.05) is 0 Å². The van der Waals surface area contributed by atoms with Crippen molar-refractivity contribution < 1.29 is 14.3 Å². The quantitative estimate of drug-likeness (QED) is 0.847. The Hall–Kier alpha value is -1.75. The number of hydrogen-bond donors (Lipinski definition) is 2. The van der Waals surface area contributed by atoms with Crippen LogP contribution in [0.5, 0.6) is 11.5 Å². The van der Waals surface area contributed by atoms with E-state index in [4.69, 9.17) is 9.47 Å². The molecule has 5 heteroatoms. The normalized spacial score (nSPS) is 15.7. The van der Waals surface area contributed by atoms with Crippen LogP contribution in [-0.4, -0.2) is 39.3 Å². The fraction of sp³-hybridized carbons (Fsp3) is 0.533. The summed E-state index contributed by atoms with van der Waals surface area (Å²) in [6.45, 7) is 1.93. The standard InChI is InChI=1S/C15H22N2O3/c1-19-13-3-4-14(20-2)11(9-13)10-15(18)17-12-5-7-16-8-6-12/h3-4,9,12,16H,5-8,10H2,1-2H3,(H,17,18). The molecular formula is C15H22N2O3. The molecule has 0 bridgehead atoms. The highest BCUT2D eigenvalue weighted by Crippen LogP contribution is 2.24. The van der Waals surface area contributed by atoms with Crippen LogP contribution in [-0.2, 0) is 11.2 Å². The maximum Gasteiger partial charge on any atom is 0.224 e. The summed E-state index contributed by atoms with van der Waals surface area (Å²) in [6, 6.07) is 5.78. The number of amides is 1. The molecule has 1 aliphatic heterocycles. The van der Waals surface area contributed by atoms with E-state index in [0.717, 1.165) is 37.2 Å². The second kappa shape index (κ2) is 7.14. The maximum atomic E-state index is 12.1. The molecule has 0 aromatic heterocycles. The van der Waals surface area contributed by atoms with Crippen molar-refractivity contribution >= 4 is 5.91 Å². The Morgan fingerprint density at radius 3 is 2.70 bits per heavy atom. The number of piperidine rings is 1. The van der Waals surface area contributed by atoms with E-state index in [0.29, 0.717) is 12.2 Å². The number of carbonyl (C=O) groups is 1. The molecule has 1 aliphatic rings. The number of ether oxygens (including phenoxy) is 2. The van der Waals surface area contributed by atoms with Gasteiger partial charge in [0, 0.05) is 11.6 Å². The first-order chi connectivity index (χ1) is 9.72. The van der Waals surface area contributed by atoms with Crippen LogP contribution in [0.15, 0.2) is 18.2 Å². The van der Waals surface area contributed by atoms with Crippen molar-refractivity contribution in [2.45, 2.75) is 25.3 Å². The van der Waals surface area contributed by atoms with Gasteiger partial charge in [-0.25, -0.2) is 0 Å².